The Balaban J connectivity index is 3.40. The topological polar surface area (TPSA) is 37.3 Å². The summed E-state index contributed by atoms with van der Waals surface area (Å²) in [5.41, 5.74) is 0. The maximum Gasteiger partial charge on any atom is 0.321 e. The van der Waals surface area contributed by atoms with E-state index in [0.717, 1.165) is 6.42 Å². The summed E-state index contributed by atoms with van der Waals surface area (Å²) in [5, 5.41) is 7.66. The van der Waals surface area contributed by atoms with Crippen molar-refractivity contribution in [2.45, 2.75) is 32.1 Å². The van der Waals surface area contributed by atoms with Crippen LogP contribution in [-0.4, -0.2) is 16.5 Å². The van der Waals surface area contributed by atoms with Crippen LogP contribution in [0.5, 0.6) is 0 Å². The molecule has 0 aromatic rings. The summed E-state index contributed by atoms with van der Waals surface area (Å²) in [5.74, 6) is -0.386. The molecule has 0 radical (unpaired) electrons. The van der Waals surface area contributed by atoms with E-state index in [1.807, 2.05) is 13.8 Å². The van der Waals surface area contributed by atoms with Crippen LogP contribution in [0.15, 0.2) is 0 Å². The number of rotatable bonds is 4. The monoisotopic (exact) mass is 164 g/mol. The summed E-state index contributed by atoms with van der Waals surface area (Å²) < 4.78 is 0. The van der Waals surface area contributed by atoms with Crippen molar-refractivity contribution in [3.05, 3.63) is 0 Å². The zero-order chi connectivity index (χ0) is 8.15. The number of halogens is 1. The Hall–Kier alpha value is -0.240. The molecule has 1 atom stereocenters. The fourth-order valence-corrected chi connectivity index (χ4v) is 0.729. The predicted molar refractivity (Wildman–Crippen MR) is 41.3 cm³/mol. The highest BCUT2D eigenvalue weighted by Gasteiger charge is 2.12. The van der Waals surface area contributed by atoms with Gasteiger partial charge in [-0.05, 0) is 18.8 Å². The van der Waals surface area contributed by atoms with Crippen molar-refractivity contribution in [2.75, 3.05) is 0 Å². The van der Waals surface area contributed by atoms with E-state index in [0.29, 0.717) is 12.3 Å². The van der Waals surface area contributed by atoms with Gasteiger partial charge in [-0.15, -0.1) is 11.6 Å². The fraction of sp³-hybridized carbons (Fsp3) is 0.857. The van der Waals surface area contributed by atoms with Gasteiger partial charge in [0.25, 0.3) is 0 Å². The van der Waals surface area contributed by atoms with Crippen LogP contribution < -0.4 is 0 Å². The van der Waals surface area contributed by atoms with E-state index in [4.69, 9.17) is 16.7 Å². The van der Waals surface area contributed by atoms with Gasteiger partial charge in [0.2, 0.25) is 0 Å². The molecule has 0 rings (SSSR count). The van der Waals surface area contributed by atoms with Crippen molar-refractivity contribution in [1.82, 2.24) is 0 Å². The summed E-state index contributed by atoms with van der Waals surface area (Å²) in [7, 11) is 0. The van der Waals surface area contributed by atoms with E-state index in [1.54, 1.807) is 0 Å². The molecule has 0 aliphatic heterocycles. The Morgan fingerprint density at radius 1 is 1.50 bits per heavy atom. The molecule has 60 valence electrons. The van der Waals surface area contributed by atoms with Crippen LogP contribution in [0.3, 0.4) is 0 Å². The Morgan fingerprint density at radius 3 is 2.30 bits per heavy atom. The van der Waals surface area contributed by atoms with Crippen LogP contribution in [0.2, 0.25) is 0 Å². The molecule has 0 saturated heterocycles. The summed E-state index contributed by atoms with van der Waals surface area (Å²) in [4.78, 5) is 10.2. The van der Waals surface area contributed by atoms with E-state index in [2.05, 4.69) is 0 Å². The molecule has 1 unspecified atom stereocenters. The molecule has 0 aromatic heterocycles. The molecule has 0 aromatic carbocycles. The SMILES string of the molecule is CC(C)CCC(Cl)C(=O)O. The molecule has 0 fully saturated rings. The van der Waals surface area contributed by atoms with Crippen LogP contribution in [0.1, 0.15) is 26.7 Å². The molecule has 0 spiro atoms. The van der Waals surface area contributed by atoms with E-state index in [1.165, 1.54) is 0 Å². The highest BCUT2D eigenvalue weighted by molar-refractivity contribution is 6.29. The first-order chi connectivity index (χ1) is 4.54. The van der Waals surface area contributed by atoms with Gasteiger partial charge in [-0.2, -0.15) is 0 Å². The third kappa shape index (κ3) is 4.62. The van der Waals surface area contributed by atoms with Crippen molar-refractivity contribution in [1.29, 1.82) is 0 Å². The van der Waals surface area contributed by atoms with Gasteiger partial charge in [0.15, 0.2) is 0 Å². The molecule has 0 aliphatic carbocycles. The number of carbonyl (C=O) groups is 1. The Kier molecular flexibility index (Phi) is 4.45. The minimum Gasteiger partial charge on any atom is -0.480 e. The second-order valence-corrected chi connectivity index (χ2v) is 3.30. The molecular formula is C7H13ClO2. The maximum absolute atomic E-state index is 10.2. The van der Waals surface area contributed by atoms with Crippen molar-refractivity contribution in [3.8, 4) is 0 Å². The van der Waals surface area contributed by atoms with E-state index in [-0.39, 0.29) is 0 Å². The lowest BCUT2D eigenvalue weighted by Crippen LogP contribution is -2.13. The number of hydrogen-bond donors (Lipinski definition) is 1. The molecular weight excluding hydrogens is 152 g/mol. The minimum absolute atomic E-state index is 0.528. The van der Waals surface area contributed by atoms with Gasteiger partial charge >= 0.3 is 5.97 Å². The highest BCUT2D eigenvalue weighted by Crippen LogP contribution is 2.10. The fourth-order valence-electron chi connectivity index (χ4n) is 0.603. The molecule has 10 heavy (non-hydrogen) atoms. The van der Waals surface area contributed by atoms with Gasteiger partial charge in [-0.3, -0.25) is 4.79 Å². The largest absolute Gasteiger partial charge is 0.480 e. The zero-order valence-electron chi connectivity index (χ0n) is 6.30. The zero-order valence-corrected chi connectivity index (χ0v) is 7.06. The first-order valence-corrected chi connectivity index (χ1v) is 3.84. The van der Waals surface area contributed by atoms with Gasteiger partial charge in [0.05, 0.1) is 0 Å². The standard InChI is InChI=1S/C7H13ClO2/c1-5(2)3-4-6(8)7(9)10/h5-6H,3-4H2,1-2H3,(H,9,10). The summed E-state index contributed by atoms with van der Waals surface area (Å²) in [6.07, 6.45) is 1.44. The highest BCUT2D eigenvalue weighted by atomic mass is 35.5. The van der Waals surface area contributed by atoms with Crippen LogP contribution in [-0.2, 0) is 4.79 Å². The van der Waals surface area contributed by atoms with E-state index < -0.39 is 11.3 Å². The first-order valence-electron chi connectivity index (χ1n) is 3.41. The number of carboxylic acids is 1. The third-order valence-corrected chi connectivity index (χ3v) is 1.67. The van der Waals surface area contributed by atoms with Crippen LogP contribution in [0.25, 0.3) is 0 Å². The predicted octanol–water partition coefficient (Wildman–Crippen LogP) is 2.11. The van der Waals surface area contributed by atoms with E-state index >= 15 is 0 Å². The number of aliphatic carboxylic acids is 1. The van der Waals surface area contributed by atoms with Crippen molar-refractivity contribution < 1.29 is 9.90 Å². The molecule has 0 amide bonds. The Labute approximate surface area is 66.2 Å². The quantitative estimate of drug-likeness (QED) is 0.647. The summed E-state index contributed by atoms with van der Waals surface area (Å²) >= 11 is 5.46. The average molecular weight is 165 g/mol. The minimum atomic E-state index is -0.915. The third-order valence-electron chi connectivity index (χ3n) is 1.27. The molecule has 0 bridgehead atoms. The maximum atomic E-state index is 10.2. The van der Waals surface area contributed by atoms with Crippen molar-refractivity contribution in [2.24, 2.45) is 5.92 Å². The summed E-state index contributed by atoms with van der Waals surface area (Å²) in [6.45, 7) is 4.09. The Bertz CT molecular complexity index is 112. The number of hydrogen-bond acceptors (Lipinski definition) is 1. The lowest BCUT2D eigenvalue weighted by atomic mass is 10.1. The molecule has 0 heterocycles. The molecule has 1 N–H and O–H groups in total. The van der Waals surface area contributed by atoms with Crippen LogP contribution in [0.4, 0.5) is 0 Å². The lowest BCUT2D eigenvalue weighted by molar-refractivity contribution is -0.136. The van der Waals surface area contributed by atoms with Gasteiger partial charge in [-0.1, -0.05) is 13.8 Å². The second-order valence-electron chi connectivity index (χ2n) is 2.78. The lowest BCUT2D eigenvalue weighted by Gasteiger charge is -2.05. The Morgan fingerprint density at radius 2 is 2.00 bits per heavy atom. The number of carboxylic acid groups (broad SMARTS) is 1. The average Bonchev–Trinajstić information content (AvgIpc) is 1.82. The van der Waals surface area contributed by atoms with Gasteiger partial charge in [-0.25, -0.2) is 0 Å². The smallest absolute Gasteiger partial charge is 0.321 e. The van der Waals surface area contributed by atoms with Crippen LogP contribution >= 0.6 is 11.6 Å². The summed E-state index contributed by atoms with van der Waals surface area (Å²) in [6, 6.07) is 0. The van der Waals surface area contributed by atoms with Gasteiger partial charge in [0.1, 0.15) is 5.38 Å². The van der Waals surface area contributed by atoms with Crippen molar-refractivity contribution in [3.63, 3.8) is 0 Å². The second kappa shape index (κ2) is 4.56. The van der Waals surface area contributed by atoms with Crippen LogP contribution in [0, 0.1) is 5.92 Å². The number of alkyl halides is 1. The van der Waals surface area contributed by atoms with Gasteiger partial charge < -0.3 is 5.11 Å². The molecule has 3 heteroatoms. The van der Waals surface area contributed by atoms with Gasteiger partial charge in [0, 0.05) is 0 Å². The first kappa shape index (κ1) is 9.76. The molecule has 0 aliphatic rings. The van der Waals surface area contributed by atoms with Crippen molar-refractivity contribution >= 4 is 17.6 Å². The molecule has 0 saturated carbocycles. The normalized spacial score (nSPS) is 13.6. The van der Waals surface area contributed by atoms with E-state index in [9.17, 15) is 4.79 Å². The molecule has 2 nitrogen and oxygen atoms in total.